The average Bonchev–Trinajstić information content (AvgIpc) is 2.55. The van der Waals surface area contributed by atoms with Gasteiger partial charge in [-0.2, -0.15) is 0 Å². The number of carbonyl (C=O) groups is 1. The molecule has 1 heterocycles. The molecule has 2 rings (SSSR count). The zero-order chi connectivity index (χ0) is 20.4. The summed E-state index contributed by atoms with van der Waals surface area (Å²) in [6, 6.07) is 5.80. The third-order valence-corrected chi connectivity index (χ3v) is 4.18. The summed E-state index contributed by atoms with van der Waals surface area (Å²) in [6.07, 6.45) is 4.28. The number of hydrogen-bond acceptors (Lipinski definition) is 3. The molecule has 5 heteroatoms. The summed E-state index contributed by atoms with van der Waals surface area (Å²) in [4.78, 5) is 16.6. The number of nitrogens with zero attached hydrogens (tertiary/aromatic N) is 1. The van der Waals surface area contributed by atoms with Crippen LogP contribution in [0.25, 0.3) is 16.5 Å². The van der Waals surface area contributed by atoms with Gasteiger partial charge in [0.25, 0.3) is 0 Å². The van der Waals surface area contributed by atoms with E-state index in [1.54, 1.807) is 19.2 Å². The number of halogens is 1. The fourth-order valence-electron chi connectivity index (χ4n) is 3.03. The minimum atomic E-state index is -1.10. The number of fused-ring (bicyclic) bond motifs is 1. The number of rotatable bonds is 5. The number of aryl methyl sites for hydroxylation is 1. The Labute approximate surface area is 165 Å². The molecule has 0 unspecified atom stereocenters. The van der Waals surface area contributed by atoms with Crippen molar-refractivity contribution in [3.05, 3.63) is 58.3 Å². The minimum absolute atomic E-state index is 0.615. The third-order valence-electron chi connectivity index (χ3n) is 4.06. The highest BCUT2D eigenvalue weighted by molar-refractivity contribution is 6.29. The summed E-state index contributed by atoms with van der Waals surface area (Å²) < 4.78 is 5.94. The molecule has 0 saturated carbocycles. The molecule has 0 aliphatic rings. The predicted molar refractivity (Wildman–Crippen MR) is 111 cm³/mol. The maximum atomic E-state index is 12.1. The van der Waals surface area contributed by atoms with Gasteiger partial charge in [0.2, 0.25) is 0 Å². The van der Waals surface area contributed by atoms with Gasteiger partial charge in [0.15, 0.2) is 6.10 Å². The molecule has 0 aliphatic heterocycles. The molecule has 1 atom stereocenters. The molecule has 1 N–H and O–H groups in total. The molecule has 0 radical (unpaired) electrons. The van der Waals surface area contributed by atoms with Gasteiger partial charge < -0.3 is 9.84 Å². The van der Waals surface area contributed by atoms with Crippen molar-refractivity contribution in [1.29, 1.82) is 0 Å². The van der Waals surface area contributed by atoms with Crippen molar-refractivity contribution in [2.45, 2.75) is 53.2 Å². The lowest BCUT2D eigenvalue weighted by atomic mass is 9.89. The number of benzene rings is 1. The molecule has 0 amide bonds. The second-order valence-corrected chi connectivity index (χ2v) is 8.21. The lowest BCUT2D eigenvalue weighted by Crippen LogP contribution is -2.28. The lowest BCUT2D eigenvalue weighted by Gasteiger charge is -2.28. The molecule has 4 nitrogen and oxygen atoms in total. The summed E-state index contributed by atoms with van der Waals surface area (Å²) in [5.41, 5.74) is 3.25. The van der Waals surface area contributed by atoms with E-state index in [0.29, 0.717) is 10.6 Å². The number of allylic oxidation sites excluding steroid dienone is 4. The van der Waals surface area contributed by atoms with Crippen LogP contribution < -0.4 is 0 Å². The maximum absolute atomic E-state index is 12.1. The Morgan fingerprint density at radius 2 is 1.96 bits per heavy atom. The molecular formula is C22H26ClNO3. The van der Waals surface area contributed by atoms with Gasteiger partial charge in [0.05, 0.1) is 11.1 Å². The minimum Gasteiger partial charge on any atom is -0.479 e. The number of pyridine rings is 1. The van der Waals surface area contributed by atoms with Crippen molar-refractivity contribution in [3.63, 3.8) is 0 Å². The third kappa shape index (κ3) is 5.18. The Balaban J connectivity index is 2.86. The second-order valence-electron chi connectivity index (χ2n) is 7.61. The van der Waals surface area contributed by atoms with Gasteiger partial charge in [0, 0.05) is 27.7 Å². The van der Waals surface area contributed by atoms with Crippen LogP contribution in [0.3, 0.4) is 0 Å². The number of carboxylic acid groups (broad SMARTS) is 1. The predicted octanol–water partition coefficient (Wildman–Crippen LogP) is 6.03. The van der Waals surface area contributed by atoms with Gasteiger partial charge in [-0.3, -0.25) is 4.98 Å². The highest BCUT2D eigenvalue weighted by Gasteiger charge is 2.31. The number of aromatic nitrogens is 1. The van der Waals surface area contributed by atoms with E-state index in [-0.39, 0.29) is 0 Å². The SMILES string of the molecule is C/C(Cl)=C\C=C(/C)c1c([C@H](OC(C)(C)C)C(=O)O)c(C)cc2cccnc12. The quantitative estimate of drug-likeness (QED) is 0.636. The largest absolute Gasteiger partial charge is 0.479 e. The molecule has 144 valence electrons. The van der Waals surface area contributed by atoms with Crippen LogP contribution in [-0.4, -0.2) is 21.7 Å². The summed E-state index contributed by atoms with van der Waals surface area (Å²) >= 11 is 5.98. The second kappa shape index (κ2) is 8.24. The van der Waals surface area contributed by atoms with Crippen LogP contribution in [-0.2, 0) is 9.53 Å². The summed E-state index contributed by atoms with van der Waals surface area (Å²) in [7, 11) is 0. The standard InChI is InChI=1S/C22H26ClNO3/c1-13(9-10-15(3)23)17-18(20(21(25)26)27-22(4,5)6)14(2)12-16-8-7-11-24-19(16)17/h7-12,20H,1-6H3,(H,25,26)/b13-9+,15-10+/t20-/m0/s1. The molecule has 0 aliphatic carbocycles. The number of aliphatic carboxylic acids is 1. The van der Waals surface area contributed by atoms with Gasteiger partial charge in [-0.1, -0.05) is 23.7 Å². The van der Waals surface area contributed by atoms with Crippen molar-refractivity contribution in [2.75, 3.05) is 0 Å². The maximum Gasteiger partial charge on any atom is 0.337 e. The zero-order valence-electron chi connectivity index (χ0n) is 16.6. The Morgan fingerprint density at radius 1 is 1.30 bits per heavy atom. The van der Waals surface area contributed by atoms with Crippen LogP contribution in [0.5, 0.6) is 0 Å². The number of ether oxygens (including phenoxy) is 1. The van der Waals surface area contributed by atoms with Crippen LogP contribution in [0.4, 0.5) is 0 Å². The van der Waals surface area contributed by atoms with Crippen molar-refractivity contribution in [3.8, 4) is 0 Å². The van der Waals surface area contributed by atoms with Gasteiger partial charge in [0.1, 0.15) is 0 Å². The van der Waals surface area contributed by atoms with Crippen LogP contribution in [0.2, 0.25) is 0 Å². The number of hydrogen-bond donors (Lipinski definition) is 1. The average molecular weight is 388 g/mol. The fraction of sp³-hybridized carbons (Fsp3) is 0.364. The Kier molecular flexibility index (Phi) is 6.45. The molecular weight excluding hydrogens is 362 g/mol. The highest BCUT2D eigenvalue weighted by Crippen LogP contribution is 2.37. The van der Waals surface area contributed by atoms with Crippen LogP contribution >= 0.6 is 11.6 Å². The van der Waals surface area contributed by atoms with Crippen molar-refractivity contribution >= 4 is 34.0 Å². The first kappa shape index (κ1) is 21.1. The summed E-state index contributed by atoms with van der Waals surface area (Å²) in [6.45, 7) is 11.2. The van der Waals surface area contributed by atoms with Crippen LogP contribution in [0.1, 0.15) is 57.4 Å². The smallest absolute Gasteiger partial charge is 0.337 e. The first-order valence-electron chi connectivity index (χ1n) is 8.81. The van der Waals surface area contributed by atoms with E-state index < -0.39 is 17.7 Å². The fourth-order valence-corrected chi connectivity index (χ4v) is 3.09. The molecule has 2 aromatic rings. The summed E-state index contributed by atoms with van der Waals surface area (Å²) in [5.74, 6) is -1.03. The molecule has 0 fully saturated rings. The van der Waals surface area contributed by atoms with E-state index in [2.05, 4.69) is 4.98 Å². The highest BCUT2D eigenvalue weighted by atomic mass is 35.5. The zero-order valence-corrected chi connectivity index (χ0v) is 17.4. The molecule has 1 aromatic heterocycles. The van der Waals surface area contributed by atoms with Crippen molar-refractivity contribution < 1.29 is 14.6 Å². The van der Waals surface area contributed by atoms with E-state index in [4.69, 9.17) is 16.3 Å². The normalized spacial score (nSPS) is 14.5. The molecule has 27 heavy (non-hydrogen) atoms. The first-order chi connectivity index (χ1) is 12.5. The monoisotopic (exact) mass is 387 g/mol. The van der Waals surface area contributed by atoms with Crippen molar-refractivity contribution in [1.82, 2.24) is 4.98 Å². The van der Waals surface area contributed by atoms with Crippen LogP contribution in [0, 0.1) is 6.92 Å². The molecule has 1 aromatic carbocycles. The van der Waals surface area contributed by atoms with Crippen LogP contribution in [0.15, 0.2) is 41.6 Å². The van der Waals surface area contributed by atoms with Gasteiger partial charge in [-0.25, -0.2) is 4.79 Å². The first-order valence-corrected chi connectivity index (χ1v) is 9.19. The van der Waals surface area contributed by atoms with Crippen molar-refractivity contribution in [2.24, 2.45) is 0 Å². The molecule has 0 saturated heterocycles. The molecule has 0 bridgehead atoms. The van der Waals surface area contributed by atoms with E-state index in [0.717, 1.165) is 27.6 Å². The van der Waals surface area contributed by atoms with E-state index in [1.807, 2.05) is 58.9 Å². The van der Waals surface area contributed by atoms with E-state index >= 15 is 0 Å². The van der Waals surface area contributed by atoms with E-state index in [1.165, 1.54) is 0 Å². The van der Waals surface area contributed by atoms with Gasteiger partial charge in [-0.05, 0) is 70.9 Å². The summed E-state index contributed by atoms with van der Waals surface area (Å²) in [5, 5.41) is 11.5. The van der Waals surface area contributed by atoms with Gasteiger partial charge in [-0.15, -0.1) is 0 Å². The molecule has 0 spiro atoms. The number of carboxylic acids is 1. The topological polar surface area (TPSA) is 59.4 Å². The van der Waals surface area contributed by atoms with E-state index in [9.17, 15) is 9.90 Å². The lowest BCUT2D eigenvalue weighted by molar-refractivity contribution is -0.160. The Hall–Kier alpha value is -2.17. The Bertz CT molecular complexity index is 919. The van der Waals surface area contributed by atoms with Gasteiger partial charge >= 0.3 is 5.97 Å². The Morgan fingerprint density at radius 3 is 2.52 bits per heavy atom.